The molecule has 0 aliphatic rings. The van der Waals surface area contributed by atoms with Gasteiger partial charge < -0.3 is 14.3 Å². The summed E-state index contributed by atoms with van der Waals surface area (Å²) in [6, 6.07) is 14.0. The molecule has 29 heavy (non-hydrogen) atoms. The van der Waals surface area contributed by atoms with Crippen LogP contribution in [0.4, 0.5) is 10.1 Å². The molecular formula is C22H19FN4O2. The van der Waals surface area contributed by atoms with Gasteiger partial charge >= 0.3 is 0 Å². The molecular weight excluding hydrogens is 371 g/mol. The van der Waals surface area contributed by atoms with Crippen molar-refractivity contribution in [1.82, 2.24) is 14.5 Å². The van der Waals surface area contributed by atoms with Crippen molar-refractivity contribution in [2.45, 2.75) is 20.3 Å². The molecule has 4 rings (SSSR count). The lowest BCUT2D eigenvalue weighted by molar-refractivity contribution is -0.115. The highest BCUT2D eigenvalue weighted by atomic mass is 19.1. The van der Waals surface area contributed by atoms with E-state index < -0.39 is 5.82 Å². The Balaban J connectivity index is 1.47. The minimum Gasteiger partial charge on any atom is -0.441 e. The van der Waals surface area contributed by atoms with E-state index in [2.05, 4.69) is 15.3 Å². The van der Waals surface area contributed by atoms with Gasteiger partial charge in [0.25, 0.3) is 0 Å². The van der Waals surface area contributed by atoms with E-state index in [1.165, 1.54) is 6.07 Å². The van der Waals surface area contributed by atoms with Crippen LogP contribution in [-0.2, 0) is 11.2 Å². The quantitative estimate of drug-likeness (QED) is 0.546. The van der Waals surface area contributed by atoms with Crippen LogP contribution >= 0.6 is 0 Å². The number of aromatic nitrogens is 3. The number of nitrogens with one attached hydrogen (secondary N) is 1. The zero-order valence-corrected chi connectivity index (χ0v) is 16.0. The second kappa shape index (κ2) is 7.71. The van der Waals surface area contributed by atoms with Gasteiger partial charge in [0.1, 0.15) is 17.4 Å². The number of carbonyl (C=O) groups is 1. The fourth-order valence-electron chi connectivity index (χ4n) is 3.07. The number of aryl methyl sites for hydroxylation is 2. The molecule has 0 fully saturated rings. The van der Waals surface area contributed by atoms with Crippen molar-refractivity contribution in [1.29, 1.82) is 0 Å². The second-order valence-electron chi connectivity index (χ2n) is 6.62. The third-order valence-corrected chi connectivity index (χ3v) is 4.56. The molecule has 0 unspecified atom stereocenters. The van der Waals surface area contributed by atoms with Gasteiger partial charge in [0.2, 0.25) is 11.8 Å². The summed E-state index contributed by atoms with van der Waals surface area (Å²) in [7, 11) is 0. The zero-order valence-electron chi connectivity index (χ0n) is 16.0. The van der Waals surface area contributed by atoms with Crippen LogP contribution in [0, 0.1) is 19.7 Å². The van der Waals surface area contributed by atoms with Gasteiger partial charge in [0.05, 0.1) is 17.8 Å². The molecule has 0 radical (unpaired) electrons. The number of anilines is 1. The van der Waals surface area contributed by atoms with Crippen molar-refractivity contribution in [3.8, 4) is 17.1 Å². The molecule has 0 aliphatic heterocycles. The maximum Gasteiger partial charge on any atom is 0.230 e. The summed E-state index contributed by atoms with van der Waals surface area (Å²) >= 11 is 0. The van der Waals surface area contributed by atoms with Gasteiger partial charge in [-0.05, 0) is 44.2 Å². The van der Waals surface area contributed by atoms with Gasteiger partial charge in [0, 0.05) is 23.6 Å². The first-order chi connectivity index (χ1) is 14.0. The van der Waals surface area contributed by atoms with Crippen LogP contribution in [0.3, 0.4) is 0 Å². The summed E-state index contributed by atoms with van der Waals surface area (Å²) in [6.07, 6.45) is 3.32. The van der Waals surface area contributed by atoms with E-state index in [9.17, 15) is 9.18 Å². The highest BCUT2D eigenvalue weighted by Crippen LogP contribution is 2.23. The number of nitrogens with zero attached hydrogens (tertiary/aromatic N) is 3. The normalized spacial score (nSPS) is 10.9. The van der Waals surface area contributed by atoms with Crippen LogP contribution in [0.25, 0.3) is 17.1 Å². The Morgan fingerprint density at radius 1 is 1.17 bits per heavy atom. The molecule has 0 aliphatic carbocycles. The van der Waals surface area contributed by atoms with Crippen molar-refractivity contribution in [2.75, 3.05) is 5.32 Å². The lowest BCUT2D eigenvalue weighted by Crippen LogP contribution is -2.15. The summed E-state index contributed by atoms with van der Waals surface area (Å²) < 4.78 is 21.8. The largest absolute Gasteiger partial charge is 0.441 e. The average Bonchev–Trinajstić information content (AvgIpc) is 3.28. The topological polar surface area (TPSA) is 73.0 Å². The van der Waals surface area contributed by atoms with Crippen molar-refractivity contribution in [2.24, 2.45) is 0 Å². The summed E-state index contributed by atoms with van der Waals surface area (Å²) in [4.78, 5) is 20.9. The third-order valence-electron chi connectivity index (χ3n) is 4.56. The Labute approximate surface area is 167 Å². The lowest BCUT2D eigenvalue weighted by atomic mass is 10.2. The van der Waals surface area contributed by atoms with Gasteiger partial charge in [0.15, 0.2) is 0 Å². The number of benzene rings is 2. The number of oxazole rings is 1. The van der Waals surface area contributed by atoms with Crippen molar-refractivity contribution < 1.29 is 13.6 Å². The maximum absolute atomic E-state index is 14.5. The smallest absolute Gasteiger partial charge is 0.230 e. The number of rotatable bonds is 5. The molecule has 2 heterocycles. The van der Waals surface area contributed by atoms with Crippen molar-refractivity contribution >= 4 is 11.6 Å². The molecule has 1 amide bonds. The van der Waals surface area contributed by atoms with Crippen LogP contribution in [0.15, 0.2) is 65.3 Å². The fourth-order valence-corrected chi connectivity index (χ4v) is 3.07. The summed E-state index contributed by atoms with van der Waals surface area (Å²) in [6.45, 7) is 3.56. The molecule has 2 aromatic carbocycles. The molecule has 0 saturated carbocycles. The second-order valence-corrected chi connectivity index (χ2v) is 6.62. The predicted molar refractivity (Wildman–Crippen MR) is 107 cm³/mol. The van der Waals surface area contributed by atoms with Gasteiger partial charge in [-0.25, -0.2) is 14.4 Å². The standard InChI is InChI=1S/C22H19FN4O2/c1-14-19(26-22(29-14)16-6-4-3-5-7-16)13-21(28)25-17-8-9-20(18(23)12-17)27-11-10-24-15(27)2/h3-12H,13H2,1-2H3,(H,25,28). The molecule has 0 atom stereocenters. The van der Waals surface area contributed by atoms with Gasteiger partial charge in [-0.1, -0.05) is 18.2 Å². The highest BCUT2D eigenvalue weighted by molar-refractivity contribution is 5.92. The summed E-state index contributed by atoms with van der Waals surface area (Å²) in [5.41, 5.74) is 2.14. The van der Waals surface area contributed by atoms with Gasteiger partial charge in [-0.2, -0.15) is 0 Å². The number of imidazole rings is 1. The van der Waals surface area contributed by atoms with E-state index in [4.69, 9.17) is 4.42 Å². The Morgan fingerprint density at radius 3 is 2.66 bits per heavy atom. The number of carbonyl (C=O) groups excluding carboxylic acids is 1. The molecule has 146 valence electrons. The van der Waals surface area contributed by atoms with Crippen LogP contribution in [0.2, 0.25) is 0 Å². The van der Waals surface area contributed by atoms with Crippen molar-refractivity contribution in [3.05, 3.63) is 84.0 Å². The summed E-state index contributed by atoms with van der Waals surface area (Å²) in [5.74, 6) is 0.976. The minimum absolute atomic E-state index is 0.0339. The van der Waals surface area contributed by atoms with Crippen LogP contribution in [-0.4, -0.2) is 20.4 Å². The van der Waals surface area contributed by atoms with Crippen molar-refractivity contribution in [3.63, 3.8) is 0 Å². The Bertz CT molecular complexity index is 1160. The van der Waals surface area contributed by atoms with Crippen LogP contribution < -0.4 is 5.32 Å². The SMILES string of the molecule is Cc1oc(-c2ccccc2)nc1CC(=O)Nc1ccc(-n2ccnc2C)c(F)c1. The Morgan fingerprint density at radius 2 is 1.97 bits per heavy atom. The monoisotopic (exact) mass is 390 g/mol. The predicted octanol–water partition coefficient (Wildman–Crippen LogP) is 4.46. The highest BCUT2D eigenvalue weighted by Gasteiger charge is 2.15. The summed E-state index contributed by atoms with van der Waals surface area (Å²) in [5, 5.41) is 2.71. The molecule has 6 nitrogen and oxygen atoms in total. The third kappa shape index (κ3) is 3.94. The van der Waals surface area contributed by atoms with E-state index in [1.807, 2.05) is 30.3 Å². The lowest BCUT2D eigenvalue weighted by Gasteiger charge is -2.09. The Kier molecular flexibility index (Phi) is 4.95. The van der Waals surface area contributed by atoms with Crippen LogP contribution in [0.1, 0.15) is 17.3 Å². The van der Waals surface area contributed by atoms with Gasteiger partial charge in [-0.3, -0.25) is 4.79 Å². The zero-order chi connectivity index (χ0) is 20.4. The minimum atomic E-state index is -0.451. The molecule has 0 bridgehead atoms. The van der Waals surface area contributed by atoms with Crippen LogP contribution in [0.5, 0.6) is 0 Å². The molecule has 7 heteroatoms. The number of hydrogen-bond acceptors (Lipinski definition) is 4. The number of halogens is 1. The first-order valence-corrected chi connectivity index (χ1v) is 9.12. The molecule has 2 aromatic heterocycles. The van der Waals surface area contributed by atoms with E-state index in [-0.39, 0.29) is 12.3 Å². The van der Waals surface area contributed by atoms with E-state index >= 15 is 0 Å². The van der Waals surface area contributed by atoms with Gasteiger partial charge in [-0.15, -0.1) is 0 Å². The Hall–Kier alpha value is -3.74. The molecule has 1 N–H and O–H groups in total. The first kappa shape index (κ1) is 18.6. The fraction of sp³-hybridized carbons (Fsp3) is 0.136. The number of hydrogen-bond donors (Lipinski definition) is 1. The van der Waals surface area contributed by atoms with E-state index in [1.54, 1.807) is 42.9 Å². The molecule has 4 aromatic rings. The molecule has 0 saturated heterocycles. The maximum atomic E-state index is 14.5. The first-order valence-electron chi connectivity index (χ1n) is 9.12. The average molecular weight is 390 g/mol. The molecule has 0 spiro atoms. The van der Waals surface area contributed by atoms with E-state index in [0.717, 1.165) is 5.56 Å². The van der Waals surface area contributed by atoms with E-state index in [0.29, 0.717) is 34.5 Å². The number of amides is 1.